The van der Waals surface area contributed by atoms with Crippen LogP contribution in [-0.4, -0.2) is 21.7 Å². The Bertz CT molecular complexity index is 103. The van der Waals surface area contributed by atoms with Gasteiger partial charge in [-0.25, -0.2) is 0 Å². The zero-order chi connectivity index (χ0) is 7.56. The molecule has 1 aliphatic rings. The Balaban J connectivity index is 2.26. The van der Waals surface area contributed by atoms with Gasteiger partial charge >= 0.3 is 0 Å². The van der Waals surface area contributed by atoms with Gasteiger partial charge in [-0.2, -0.15) is 11.8 Å². The van der Waals surface area contributed by atoms with Crippen LogP contribution < -0.4 is 0 Å². The third kappa shape index (κ3) is 2.17. The Labute approximate surface area is 67.2 Å². The molecule has 0 spiro atoms. The summed E-state index contributed by atoms with van der Waals surface area (Å²) in [6.07, 6.45) is 3.42. The summed E-state index contributed by atoms with van der Waals surface area (Å²) >= 11 is 1.92. The number of thioether (sulfide) groups is 1. The number of hydrogen-bond donors (Lipinski definition) is 1. The fraction of sp³-hybridized carbons (Fsp3) is 1.00. The highest BCUT2D eigenvalue weighted by Gasteiger charge is 2.25. The number of hydrogen-bond acceptors (Lipinski definition) is 2. The maximum atomic E-state index is 9.42. The fourth-order valence-electron chi connectivity index (χ4n) is 1.41. The second-order valence-electron chi connectivity index (χ2n) is 3.22. The van der Waals surface area contributed by atoms with Crippen molar-refractivity contribution in [3.8, 4) is 0 Å². The monoisotopic (exact) mass is 160 g/mol. The minimum Gasteiger partial charge on any atom is -0.392 e. The molecule has 1 saturated carbocycles. The second kappa shape index (κ2) is 3.63. The van der Waals surface area contributed by atoms with Crippen LogP contribution >= 0.6 is 11.8 Å². The molecule has 0 aromatic rings. The average molecular weight is 160 g/mol. The van der Waals surface area contributed by atoms with Crippen molar-refractivity contribution >= 4 is 11.8 Å². The van der Waals surface area contributed by atoms with Crippen LogP contribution in [0, 0.1) is 0 Å². The van der Waals surface area contributed by atoms with Gasteiger partial charge in [0.15, 0.2) is 0 Å². The van der Waals surface area contributed by atoms with Crippen molar-refractivity contribution < 1.29 is 5.11 Å². The summed E-state index contributed by atoms with van der Waals surface area (Å²) < 4.78 is 0. The first-order valence-electron chi connectivity index (χ1n) is 4.03. The number of rotatable bonds is 2. The molecule has 1 nitrogen and oxygen atoms in total. The van der Waals surface area contributed by atoms with Gasteiger partial charge in [0.25, 0.3) is 0 Å². The van der Waals surface area contributed by atoms with E-state index in [0.29, 0.717) is 10.5 Å². The molecule has 60 valence electrons. The lowest BCUT2D eigenvalue weighted by Gasteiger charge is -2.15. The van der Waals surface area contributed by atoms with Crippen molar-refractivity contribution in [1.29, 1.82) is 0 Å². The summed E-state index contributed by atoms with van der Waals surface area (Å²) in [4.78, 5) is 0. The van der Waals surface area contributed by atoms with Crippen LogP contribution in [0.4, 0.5) is 0 Å². The molecule has 1 N–H and O–H groups in total. The van der Waals surface area contributed by atoms with Crippen LogP contribution in [-0.2, 0) is 0 Å². The van der Waals surface area contributed by atoms with Crippen molar-refractivity contribution in [3.63, 3.8) is 0 Å². The van der Waals surface area contributed by atoms with Crippen LogP contribution in [0.5, 0.6) is 0 Å². The van der Waals surface area contributed by atoms with E-state index in [9.17, 15) is 5.11 Å². The van der Waals surface area contributed by atoms with E-state index in [4.69, 9.17) is 0 Å². The molecule has 0 radical (unpaired) electrons. The average Bonchev–Trinajstić information content (AvgIpc) is 2.15. The van der Waals surface area contributed by atoms with Gasteiger partial charge < -0.3 is 5.11 Å². The fourth-order valence-corrected chi connectivity index (χ4v) is 2.73. The number of aliphatic hydroxyl groups is 1. The summed E-state index contributed by atoms with van der Waals surface area (Å²) in [6.45, 7) is 4.38. The largest absolute Gasteiger partial charge is 0.392 e. The van der Waals surface area contributed by atoms with E-state index >= 15 is 0 Å². The van der Waals surface area contributed by atoms with Crippen molar-refractivity contribution in [2.75, 3.05) is 0 Å². The Morgan fingerprint density at radius 2 is 2.10 bits per heavy atom. The third-order valence-electron chi connectivity index (χ3n) is 1.86. The summed E-state index contributed by atoms with van der Waals surface area (Å²) in [7, 11) is 0. The van der Waals surface area contributed by atoms with Crippen LogP contribution in [0.1, 0.15) is 33.1 Å². The maximum absolute atomic E-state index is 9.42. The van der Waals surface area contributed by atoms with E-state index in [1.54, 1.807) is 0 Å². The molecular weight excluding hydrogens is 144 g/mol. The van der Waals surface area contributed by atoms with E-state index in [2.05, 4.69) is 13.8 Å². The van der Waals surface area contributed by atoms with Gasteiger partial charge in [-0.15, -0.1) is 0 Å². The predicted molar refractivity (Wildman–Crippen MR) is 46.4 cm³/mol. The lowest BCUT2D eigenvalue weighted by atomic mass is 10.3. The molecule has 2 atom stereocenters. The molecule has 0 bridgehead atoms. The normalized spacial score (nSPS) is 33.6. The van der Waals surface area contributed by atoms with E-state index in [0.717, 1.165) is 6.42 Å². The molecule has 0 aromatic carbocycles. The van der Waals surface area contributed by atoms with E-state index in [1.165, 1.54) is 12.8 Å². The first-order chi connectivity index (χ1) is 4.70. The molecule has 0 aromatic heterocycles. The lowest BCUT2D eigenvalue weighted by molar-refractivity contribution is 0.188. The summed E-state index contributed by atoms with van der Waals surface area (Å²) in [6, 6.07) is 0. The minimum atomic E-state index is -0.0209. The van der Waals surface area contributed by atoms with E-state index < -0.39 is 0 Å². The van der Waals surface area contributed by atoms with Gasteiger partial charge in [-0.05, 0) is 24.5 Å². The summed E-state index contributed by atoms with van der Waals surface area (Å²) in [5.74, 6) is 0. The molecule has 0 saturated heterocycles. The predicted octanol–water partition coefficient (Wildman–Crippen LogP) is 2.04. The smallest absolute Gasteiger partial charge is 0.0658 e. The standard InChI is InChI=1S/C8H16OS/c1-6(2)10-8-5-3-4-7(8)9/h6-9H,3-5H2,1-2H3/t7-,8-/m0/s1. The lowest BCUT2D eigenvalue weighted by Crippen LogP contribution is -2.17. The highest BCUT2D eigenvalue weighted by molar-refractivity contribution is 8.00. The van der Waals surface area contributed by atoms with Crippen LogP contribution in [0.25, 0.3) is 0 Å². The highest BCUT2D eigenvalue weighted by atomic mass is 32.2. The number of aliphatic hydroxyl groups excluding tert-OH is 1. The molecule has 1 rings (SSSR count). The van der Waals surface area contributed by atoms with Gasteiger partial charge in [0.2, 0.25) is 0 Å². The minimum absolute atomic E-state index is 0.0209. The van der Waals surface area contributed by atoms with Crippen molar-refractivity contribution in [1.82, 2.24) is 0 Å². The summed E-state index contributed by atoms with van der Waals surface area (Å²) in [5, 5.41) is 10.6. The molecule has 0 amide bonds. The molecule has 10 heavy (non-hydrogen) atoms. The van der Waals surface area contributed by atoms with E-state index in [1.807, 2.05) is 11.8 Å². The van der Waals surface area contributed by atoms with E-state index in [-0.39, 0.29) is 6.10 Å². The molecular formula is C8H16OS. The van der Waals surface area contributed by atoms with Crippen LogP contribution in [0.2, 0.25) is 0 Å². The molecule has 2 heteroatoms. The molecule has 0 unspecified atom stereocenters. The molecule has 1 aliphatic carbocycles. The van der Waals surface area contributed by atoms with Gasteiger partial charge in [-0.3, -0.25) is 0 Å². The van der Waals surface area contributed by atoms with Gasteiger partial charge in [-0.1, -0.05) is 13.8 Å². The SMILES string of the molecule is CC(C)S[C@H]1CCC[C@@H]1O. The summed E-state index contributed by atoms with van der Waals surface area (Å²) in [5.41, 5.74) is 0. The first-order valence-corrected chi connectivity index (χ1v) is 4.98. The Morgan fingerprint density at radius 3 is 2.50 bits per heavy atom. The Morgan fingerprint density at radius 1 is 1.40 bits per heavy atom. The van der Waals surface area contributed by atoms with Gasteiger partial charge in [0.05, 0.1) is 6.10 Å². The zero-order valence-corrected chi connectivity index (χ0v) is 7.53. The molecule has 1 fully saturated rings. The van der Waals surface area contributed by atoms with Crippen molar-refractivity contribution in [2.45, 2.75) is 49.7 Å². The Kier molecular flexibility index (Phi) is 3.05. The Hall–Kier alpha value is 0.310. The third-order valence-corrected chi connectivity index (χ3v) is 3.31. The highest BCUT2D eigenvalue weighted by Crippen LogP contribution is 2.32. The maximum Gasteiger partial charge on any atom is 0.0658 e. The topological polar surface area (TPSA) is 20.2 Å². The van der Waals surface area contributed by atoms with Crippen LogP contribution in [0.3, 0.4) is 0 Å². The van der Waals surface area contributed by atoms with Gasteiger partial charge in [0.1, 0.15) is 0 Å². The van der Waals surface area contributed by atoms with Crippen molar-refractivity contribution in [2.24, 2.45) is 0 Å². The van der Waals surface area contributed by atoms with Crippen molar-refractivity contribution in [3.05, 3.63) is 0 Å². The first kappa shape index (κ1) is 8.41. The molecule has 0 aliphatic heterocycles. The van der Waals surface area contributed by atoms with Gasteiger partial charge in [0, 0.05) is 5.25 Å². The second-order valence-corrected chi connectivity index (χ2v) is 5.04. The van der Waals surface area contributed by atoms with Crippen LogP contribution in [0.15, 0.2) is 0 Å². The zero-order valence-electron chi connectivity index (χ0n) is 6.71. The quantitative estimate of drug-likeness (QED) is 0.667. The molecule has 0 heterocycles.